The second-order valence-electron chi connectivity index (χ2n) is 6.38. The number of hydrogen-bond acceptors (Lipinski definition) is 8. The topological polar surface area (TPSA) is 109 Å². The second kappa shape index (κ2) is 6.75. The third-order valence-electron chi connectivity index (χ3n) is 3.77. The number of carbonyl (C=O) groups excluding carboxylic acids is 2. The van der Waals surface area contributed by atoms with Crippen LogP contribution in [0.5, 0.6) is 0 Å². The molecule has 0 saturated heterocycles. The Balaban J connectivity index is 1.87. The van der Waals surface area contributed by atoms with Gasteiger partial charge >= 0.3 is 0 Å². The first-order valence-corrected chi connectivity index (χ1v) is 8.84. The van der Waals surface area contributed by atoms with Crippen LogP contribution in [-0.2, 0) is 4.79 Å². The molecule has 1 unspecified atom stereocenters. The van der Waals surface area contributed by atoms with Gasteiger partial charge in [0.05, 0.1) is 10.6 Å². The van der Waals surface area contributed by atoms with E-state index in [1.54, 1.807) is 6.92 Å². The Morgan fingerprint density at radius 2 is 2.16 bits per heavy atom. The maximum atomic E-state index is 12.3. The van der Waals surface area contributed by atoms with Crippen molar-refractivity contribution < 1.29 is 9.59 Å². The molecule has 0 spiro atoms. The zero-order chi connectivity index (χ0) is 18.1. The lowest BCUT2D eigenvalue weighted by molar-refractivity contribution is -0.117. The number of ketones is 1. The summed E-state index contributed by atoms with van der Waals surface area (Å²) in [6.45, 7) is 7.42. The fourth-order valence-electron chi connectivity index (χ4n) is 2.66. The van der Waals surface area contributed by atoms with Crippen molar-refractivity contribution in [2.75, 3.05) is 16.0 Å². The van der Waals surface area contributed by atoms with Crippen molar-refractivity contribution in [2.24, 2.45) is 5.92 Å². The molecular weight excluding hydrogens is 340 g/mol. The number of hydrogen-bond donors (Lipinski definition) is 3. The maximum Gasteiger partial charge on any atom is 0.247 e. The van der Waals surface area contributed by atoms with Crippen molar-refractivity contribution in [3.63, 3.8) is 0 Å². The molecule has 0 bridgehead atoms. The zero-order valence-corrected chi connectivity index (χ0v) is 15.3. The van der Waals surface area contributed by atoms with E-state index in [1.807, 2.05) is 0 Å². The van der Waals surface area contributed by atoms with Gasteiger partial charge in [0, 0.05) is 6.92 Å². The number of rotatable bonds is 5. The van der Waals surface area contributed by atoms with Crippen LogP contribution >= 0.6 is 11.3 Å². The summed E-state index contributed by atoms with van der Waals surface area (Å²) >= 11 is 1.26. The fraction of sp³-hybridized carbons (Fsp3) is 0.438. The number of aromatic nitrogens is 3. The first-order valence-electron chi connectivity index (χ1n) is 8.03. The van der Waals surface area contributed by atoms with Crippen molar-refractivity contribution in [2.45, 2.75) is 40.2 Å². The number of nitrogens with one attached hydrogen (secondary N) is 3. The predicted molar refractivity (Wildman–Crippen MR) is 97.7 cm³/mol. The highest BCUT2D eigenvalue weighted by Gasteiger charge is 2.29. The Hall–Kier alpha value is -2.55. The first kappa shape index (κ1) is 17.3. The summed E-state index contributed by atoms with van der Waals surface area (Å²) in [5.41, 5.74) is 1.16. The molecule has 132 valence electrons. The van der Waals surface area contributed by atoms with E-state index in [-0.39, 0.29) is 17.7 Å². The highest BCUT2D eigenvalue weighted by molar-refractivity contribution is 7.17. The molecule has 1 atom stereocenters. The van der Waals surface area contributed by atoms with Crippen LogP contribution in [-0.4, -0.2) is 32.7 Å². The Kier molecular flexibility index (Phi) is 4.67. The minimum atomic E-state index is -0.318. The molecule has 1 aliphatic rings. The molecule has 3 N–H and O–H groups in total. The van der Waals surface area contributed by atoms with Gasteiger partial charge in [0.1, 0.15) is 18.1 Å². The van der Waals surface area contributed by atoms with Gasteiger partial charge in [0.25, 0.3) is 0 Å². The Bertz CT molecular complexity index is 832. The monoisotopic (exact) mass is 360 g/mol. The van der Waals surface area contributed by atoms with Gasteiger partial charge in [-0.3, -0.25) is 9.59 Å². The summed E-state index contributed by atoms with van der Waals surface area (Å²) < 4.78 is 0. The summed E-state index contributed by atoms with van der Waals surface area (Å²) in [6, 6.07) is -0.318. The van der Waals surface area contributed by atoms with E-state index in [0.717, 1.165) is 0 Å². The molecule has 3 rings (SSSR count). The van der Waals surface area contributed by atoms with Crippen molar-refractivity contribution in [3.05, 3.63) is 16.9 Å². The van der Waals surface area contributed by atoms with Gasteiger partial charge in [0.15, 0.2) is 22.6 Å². The molecule has 0 radical (unpaired) electrons. The summed E-state index contributed by atoms with van der Waals surface area (Å²) in [7, 11) is 0. The number of anilines is 4. The Morgan fingerprint density at radius 3 is 2.80 bits per heavy atom. The van der Waals surface area contributed by atoms with E-state index in [0.29, 0.717) is 45.4 Å². The highest BCUT2D eigenvalue weighted by Crippen LogP contribution is 2.34. The standard InChI is InChI=1S/C16H20N6O2S/c1-7(2)5-10-15(24)21-11-13(20-10)17-6-18-14(11)22-16-19-8(3)12(25-16)9(4)23/h6-7,10H,5H2,1-4H3,(H,21,24)(H2,17,18,19,20,22). The quantitative estimate of drug-likeness (QED) is 0.703. The molecule has 0 saturated carbocycles. The summed E-state index contributed by atoms with van der Waals surface area (Å²) in [4.78, 5) is 37.3. The second-order valence-corrected chi connectivity index (χ2v) is 7.38. The molecule has 0 fully saturated rings. The number of amides is 1. The van der Waals surface area contributed by atoms with Gasteiger partial charge in [-0.2, -0.15) is 0 Å². The normalized spacial score (nSPS) is 16.2. The van der Waals surface area contributed by atoms with Crippen molar-refractivity contribution in [1.29, 1.82) is 0 Å². The molecule has 2 aromatic heterocycles. The molecule has 1 aliphatic heterocycles. The summed E-state index contributed by atoms with van der Waals surface area (Å²) in [5.74, 6) is 1.26. The average molecular weight is 360 g/mol. The predicted octanol–water partition coefficient (Wildman–Crippen LogP) is 2.97. The van der Waals surface area contributed by atoms with E-state index in [1.165, 1.54) is 24.6 Å². The number of aryl methyl sites for hydroxylation is 1. The van der Waals surface area contributed by atoms with Crippen LogP contribution in [0.25, 0.3) is 0 Å². The van der Waals surface area contributed by atoms with Crippen LogP contribution in [0.3, 0.4) is 0 Å². The van der Waals surface area contributed by atoms with Crippen molar-refractivity contribution in [3.8, 4) is 0 Å². The molecule has 2 aromatic rings. The first-order chi connectivity index (χ1) is 11.8. The van der Waals surface area contributed by atoms with Gasteiger partial charge in [0.2, 0.25) is 5.91 Å². The fourth-order valence-corrected chi connectivity index (χ4v) is 3.52. The average Bonchev–Trinajstić information content (AvgIpc) is 2.89. The SMILES string of the molecule is CC(=O)c1sc(Nc2ncnc3c2NC(=O)C(CC(C)C)N3)nc1C. The zero-order valence-electron chi connectivity index (χ0n) is 14.5. The van der Waals surface area contributed by atoms with E-state index < -0.39 is 0 Å². The number of thiazole rings is 1. The molecule has 0 aliphatic carbocycles. The lowest BCUT2D eigenvalue weighted by Gasteiger charge is -2.27. The van der Waals surface area contributed by atoms with Gasteiger partial charge in [-0.1, -0.05) is 25.2 Å². The van der Waals surface area contributed by atoms with E-state index >= 15 is 0 Å². The number of carbonyl (C=O) groups is 2. The summed E-state index contributed by atoms with van der Waals surface area (Å²) in [5, 5.41) is 9.65. The molecule has 8 nitrogen and oxygen atoms in total. The smallest absolute Gasteiger partial charge is 0.247 e. The largest absolute Gasteiger partial charge is 0.356 e. The van der Waals surface area contributed by atoms with Crippen LogP contribution in [0.15, 0.2) is 6.33 Å². The third kappa shape index (κ3) is 3.60. The van der Waals surface area contributed by atoms with Crippen LogP contribution in [0.4, 0.5) is 22.5 Å². The van der Waals surface area contributed by atoms with Crippen LogP contribution in [0.1, 0.15) is 42.6 Å². The van der Waals surface area contributed by atoms with Crippen molar-refractivity contribution >= 4 is 45.5 Å². The minimum absolute atomic E-state index is 0.0285. The molecule has 0 aromatic carbocycles. The van der Waals surface area contributed by atoms with Gasteiger partial charge in [-0.25, -0.2) is 15.0 Å². The van der Waals surface area contributed by atoms with Gasteiger partial charge in [-0.05, 0) is 19.3 Å². The van der Waals surface area contributed by atoms with Gasteiger partial charge in [-0.15, -0.1) is 0 Å². The lowest BCUT2D eigenvalue weighted by Crippen LogP contribution is -2.40. The minimum Gasteiger partial charge on any atom is -0.356 e. The molecule has 3 heterocycles. The van der Waals surface area contributed by atoms with Gasteiger partial charge < -0.3 is 16.0 Å². The maximum absolute atomic E-state index is 12.3. The van der Waals surface area contributed by atoms with Crippen LogP contribution in [0.2, 0.25) is 0 Å². The number of Topliss-reactive ketones (excluding diaryl/α,β-unsaturated/α-hetero) is 1. The molecular formula is C16H20N6O2S. The van der Waals surface area contributed by atoms with E-state index in [9.17, 15) is 9.59 Å². The van der Waals surface area contributed by atoms with Crippen LogP contribution < -0.4 is 16.0 Å². The molecule has 1 amide bonds. The highest BCUT2D eigenvalue weighted by atomic mass is 32.1. The Labute approximate surface area is 149 Å². The lowest BCUT2D eigenvalue weighted by atomic mass is 10.0. The molecule has 25 heavy (non-hydrogen) atoms. The van der Waals surface area contributed by atoms with E-state index in [4.69, 9.17) is 0 Å². The molecule has 9 heteroatoms. The van der Waals surface area contributed by atoms with Crippen molar-refractivity contribution in [1.82, 2.24) is 15.0 Å². The van der Waals surface area contributed by atoms with Crippen LogP contribution in [0, 0.1) is 12.8 Å². The third-order valence-corrected chi connectivity index (χ3v) is 4.95. The number of fused-ring (bicyclic) bond motifs is 1. The Morgan fingerprint density at radius 1 is 1.40 bits per heavy atom. The summed E-state index contributed by atoms with van der Waals surface area (Å²) in [6.07, 6.45) is 2.14. The van der Waals surface area contributed by atoms with E-state index in [2.05, 4.69) is 44.7 Å². The number of nitrogens with zero attached hydrogens (tertiary/aromatic N) is 3.